The number of rotatable bonds is 4. The summed E-state index contributed by atoms with van der Waals surface area (Å²) in [6.45, 7) is 0. The highest BCUT2D eigenvalue weighted by Crippen LogP contribution is 2.39. The van der Waals surface area contributed by atoms with E-state index in [0.29, 0.717) is 5.82 Å². The number of hydrogen-bond donors (Lipinski definition) is 0. The Labute approximate surface area is 289 Å². The Kier molecular flexibility index (Phi) is 6.49. The van der Waals surface area contributed by atoms with Crippen molar-refractivity contribution in [2.24, 2.45) is 0 Å². The third kappa shape index (κ3) is 4.79. The van der Waals surface area contributed by atoms with Crippen LogP contribution in [-0.2, 0) is 0 Å². The van der Waals surface area contributed by atoms with Gasteiger partial charge in [0, 0.05) is 38.4 Å². The van der Waals surface area contributed by atoms with Crippen molar-refractivity contribution in [1.29, 1.82) is 0 Å². The lowest BCUT2D eigenvalue weighted by Crippen LogP contribution is -1.96. The predicted octanol–water partition coefficient (Wildman–Crippen LogP) is 12.3. The van der Waals surface area contributed by atoms with Gasteiger partial charge in [-0.25, -0.2) is 15.0 Å². The first-order valence-corrected chi connectivity index (χ1v) is 16.9. The van der Waals surface area contributed by atoms with Gasteiger partial charge in [0.05, 0.1) is 22.4 Å². The molecular formula is C47H29N3. The summed E-state index contributed by atoms with van der Waals surface area (Å²) in [5.41, 5.74) is 9.22. The molecule has 10 rings (SSSR count). The highest BCUT2D eigenvalue weighted by Gasteiger charge is 2.15. The average molecular weight is 636 g/mol. The van der Waals surface area contributed by atoms with Crippen LogP contribution in [0.15, 0.2) is 176 Å². The van der Waals surface area contributed by atoms with Gasteiger partial charge in [-0.3, -0.25) is 0 Å². The van der Waals surface area contributed by atoms with E-state index in [2.05, 4.69) is 176 Å². The van der Waals surface area contributed by atoms with E-state index in [-0.39, 0.29) is 0 Å². The Hall–Kier alpha value is -6.71. The molecule has 232 valence electrons. The third-order valence-electron chi connectivity index (χ3n) is 9.82. The molecule has 3 nitrogen and oxygen atoms in total. The zero-order valence-electron chi connectivity index (χ0n) is 27.1. The van der Waals surface area contributed by atoms with Gasteiger partial charge in [0.15, 0.2) is 5.82 Å². The molecule has 0 amide bonds. The van der Waals surface area contributed by atoms with E-state index in [1.54, 1.807) is 0 Å². The van der Waals surface area contributed by atoms with E-state index in [4.69, 9.17) is 15.0 Å². The second-order valence-electron chi connectivity index (χ2n) is 12.9. The van der Waals surface area contributed by atoms with Crippen molar-refractivity contribution in [2.45, 2.75) is 0 Å². The Bertz CT molecular complexity index is 2830. The topological polar surface area (TPSA) is 38.7 Å². The van der Waals surface area contributed by atoms with Crippen LogP contribution in [0.4, 0.5) is 0 Å². The molecule has 0 spiro atoms. The summed E-state index contributed by atoms with van der Waals surface area (Å²) >= 11 is 0. The molecule has 2 heterocycles. The van der Waals surface area contributed by atoms with Crippen molar-refractivity contribution in [3.05, 3.63) is 176 Å². The van der Waals surface area contributed by atoms with Crippen LogP contribution in [0.2, 0.25) is 0 Å². The molecular weight excluding hydrogens is 607 g/mol. The molecule has 0 aliphatic rings. The number of benzene rings is 8. The molecule has 0 fully saturated rings. The molecule has 50 heavy (non-hydrogen) atoms. The molecule has 0 bridgehead atoms. The zero-order chi connectivity index (χ0) is 33.0. The lowest BCUT2D eigenvalue weighted by Gasteiger charge is -2.14. The second kappa shape index (κ2) is 11.5. The van der Waals surface area contributed by atoms with E-state index in [1.807, 2.05) is 0 Å². The Morgan fingerprint density at radius 3 is 1.56 bits per heavy atom. The maximum atomic E-state index is 5.18. The quantitative estimate of drug-likeness (QED) is 0.143. The molecule has 8 aromatic carbocycles. The number of nitrogens with zero attached hydrogens (tertiary/aromatic N) is 3. The summed E-state index contributed by atoms with van der Waals surface area (Å²) in [4.78, 5) is 15.5. The number of aromatic nitrogens is 3. The van der Waals surface area contributed by atoms with Crippen LogP contribution in [0.1, 0.15) is 0 Å². The standard InChI is InChI=1S/C47H29N3/c1-3-12-35-27-37(23-17-30(35)9-1)44-29-43(49-47(50-44)38-24-18-31-10-2-4-13-36(31)28-38)33-19-21-34(22-20-33)45-40-15-7-8-16-42(40)48-46-39-14-6-5-11-32(39)25-26-41(45)46/h1-29H. The maximum absolute atomic E-state index is 5.18. The van der Waals surface area contributed by atoms with Crippen molar-refractivity contribution in [1.82, 2.24) is 15.0 Å². The number of pyridine rings is 1. The first-order chi connectivity index (χ1) is 24.7. The molecule has 2 aromatic heterocycles. The van der Waals surface area contributed by atoms with Crippen LogP contribution in [0.25, 0.3) is 99.2 Å². The third-order valence-corrected chi connectivity index (χ3v) is 9.82. The molecule has 0 radical (unpaired) electrons. The van der Waals surface area contributed by atoms with Gasteiger partial charge in [-0.15, -0.1) is 0 Å². The predicted molar refractivity (Wildman–Crippen MR) is 209 cm³/mol. The van der Waals surface area contributed by atoms with Crippen molar-refractivity contribution in [3.63, 3.8) is 0 Å². The molecule has 0 saturated heterocycles. The van der Waals surface area contributed by atoms with Crippen LogP contribution in [0.5, 0.6) is 0 Å². The van der Waals surface area contributed by atoms with Crippen molar-refractivity contribution in [2.75, 3.05) is 0 Å². The molecule has 0 aliphatic heterocycles. The van der Waals surface area contributed by atoms with Gasteiger partial charge in [0.25, 0.3) is 0 Å². The Balaban J connectivity index is 1.14. The van der Waals surface area contributed by atoms with E-state index in [1.165, 1.54) is 32.5 Å². The van der Waals surface area contributed by atoms with E-state index < -0.39 is 0 Å². The second-order valence-corrected chi connectivity index (χ2v) is 12.9. The molecule has 0 atom stereocenters. The van der Waals surface area contributed by atoms with Crippen LogP contribution in [0.3, 0.4) is 0 Å². The SMILES string of the molecule is c1ccc2cc(-c3cc(-c4ccc(-c5c6ccccc6nc6c5ccc5ccccc56)cc4)nc(-c4ccc5ccccc5c4)n3)ccc2c1. The smallest absolute Gasteiger partial charge is 0.160 e. The van der Waals surface area contributed by atoms with E-state index in [9.17, 15) is 0 Å². The molecule has 0 saturated carbocycles. The van der Waals surface area contributed by atoms with Crippen LogP contribution < -0.4 is 0 Å². The average Bonchev–Trinajstić information content (AvgIpc) is 3.19. The van der Waals surface area contributed by atoms with E-state index >= 15 is 0 Å². The van der Waals surface area contributed by atoms with Gasteiger partial charge >= 0.3 is 0 Å². The largest absolute Gasteiger partial charge is 0.247 e. The van der Waals surface area contributed by atoms with Crippen molar-refractivity contribution >= 4 is 54.1 Å². The molecule has 0 unspecified atom stereocenters. The zero-order valence-corrected chi connectivity index (χ0v) is 27.1. The summed E-state index contributed by atoms with van der Waals surface area (Å²) in [7, 11) is 0. The minimum atomic E-state index is 0.707. The minimum Gasteiger partial charge on any atom is -0.247 e. The van der Waals surface area contributed by atoms with Crippen molar-refractivity contribution in [3.8, 4) is 45.0 Å². The molecule has 10 aromatic rings. The van der Waals surface area contributed by atoms with Gasteiger partial charge in [-0.2, -0.15) is 0 Å². The highest BCUT2D eigenvalue weighted by atomic mass is 14.9. The first-order valence-electron chi connectivity index (χ1n) is 16.9. The summed E-state index contributed by atoms with van der Waals surface area (Å²) in [6.07, 6.45) is 0. The molecule has 0 N–H and O–H groups in total. The van der Waals surface area contributed by atoms with Gasteiger partial charge in [-0.1, -0.05) is 152 Å². The summed E-state index contributed by atoms with van der Waals surface area (Å²) in [5, 5.41) is 9.40. The minimum absolute atomic E-state index is 0.707. The van der Waals surface area contributed by atoms with E-state index in [0.717, 1.165) is 60.8 Å². The van der Waals surface area contributed by atoms with Gasteiger partial charge in [-0.05, 0) is 56.8 Å². The number of hydrogen-bond acceptors (Lipinski definition) is 3. The summed E-state index contributed by atoms with van der Waals surface area (Å²) in [6, 6.07) is 62.2. The summed E-state index contributed by atoms with van der Waals surface area (Å²) < 4.78 is 0. The fourth-order valence-corrected chi connectivity index (χ4v) is 7.29. The lowest BCUT2D eigenvalue weighted by molar-refractivity contribution is 1.18. The first kappa shape index (κ1) is 28.3. The van der Waals surface area contributed by atoms with Gasteiger partial charge < -0.3 is 0 Å². The monoisotopic (exact) mass is 635 g/mol. The van der Waals surface area contributed by atoms with Gasteiger partial charge in [0.1, 0.15) is 0 Å². The van der Waals surface area contributed by atoms with Crippen LogP contribution in [-0.4, -0.2) is 15.0 Å². The Morgan fingerprint density at radius 2 is 0.820 bits per heavy atom. The number of fused-ring (bicyclic) bond motifs is 6. The lowest BCUT2D eigenvalue weighted by atomic mass is 9.93. The highest BCUT2D eigenvalue weighted by molar-refractivity contribution is 6.17. The molecule has 0 aliphatic carbocycles. The fraction of sp³-hybridized carbons (Fsp3) is 0. The van der Waals surface area contributed by atoms with Gasteiger partial charge in [0.2, 0.25) is 0 Å². The summed E-state index contributed by atoms with van der Waals surface area (Å²) in [5.74, 6) is 0.707. The van der Waals surface area contributed by atoms with Crippen LogP contribution in [0, 0.1) is 0 Å². The maximum Gasteiger partial charge on any atom is 0.160 e. The molecule has 3 heteroatoms. The fourth-order valence-electron chi connectivity index (χ4n) is 7.29. The Morgan fingerprint density at radius 1 is 0.300 bits per heavy atom. The normalized spacial score (nSPS) is 11.6. The number of para-hydroxylation sites is 1. The van der Waals surface area contributed by atoms with Crippen LogP contribution >= 0.6 is 0 Å². The van der Waals surface area contributed by atoms with Crippen molar-refractivity contribution < 1.29 is 0 Å².